The number of carbonyl (C=O) groups is 3. The summed E-state index contributed by atoms with van der Waals surface area (Å²) >= 11 is 0. The van der Waals surface area contributed by atoms with Gasteiger partial charge in [0, 0.05) is 25.7 Å². The molecule has 0 unspecified atom stereocenters. The first-order valence-corrected chi connectivity index (χ1v) is 15.4. The number of amides is 3. The second kappa shape index (κ2) is 15.9. The fourth-order valence-electron chi connectivity index (χ4n) is 5.52. The highest BCUT2D eigenvalue weighted by Crippen LogP contribution is 2.27. The van der Waals surface area contributed by atoms with Gasteiger partial charge >= 0.3 is 0 Å². The average molecular weight is 594 g/mol. The number of benzene rings is 2. The van der Waals surface area contributed by atoms with Gasteiger partial charge in [-0.3, -0.25) is 14.4 Å². The van der Waals surface area contributed by atoms with Crippen LogP contribution in [0.15, 0.2) is 54.6 Å². The summed E-state index contributed by atoms with van der Waals surface area (Å²) < 4.78 is 5.25. The van der Waals surface area contributed by atoms with Crippen LogP contribution in [0.4, 0.5) is 0 Å². The van der Waals surface area contributed by atoms with E-state index in [0.29, 0.717) is 32.5 Å². The van der Waals surface area contributed by atoms with Crippen molar-refractivity contribution in [2.75, 3.05) is 33.8 Å². The molecule has 9 heteroatoms. The molecule has 236 valence electrons. The fourth-order valence-corrected chi connectivity index (χ4v) is 5.52. The molecule has 3 amide bonds. The predicted octanol–water partition coefficient (Wildman–Crippen LogP) is 3.16. The molecular formula is C34H51N5O4. The number of hydrogen-bond donors (Lipinski definition) is 3. The van der Waals surface area contributed by atoms with Crippen molar-refractivity contribution in [1.29, 1.82) is 0 Å². The van der Waals surface area contributed by atoms with Crippen molar-refractivity contribution in [3.05, 3.63) is 65.7 Å². The van der Waals surface area contributed by atoms with E-state index in [1.807, 2.05) is 73.0 Å². The highest BCUT2D eigenvalue weighted by molar-refractivity contribution is 5.90. The average Bonchev–Trinajstić information content (AvgIpc) is 3.47. The van der Waals surface area contributed by atoms with Crippen LogP contribution in [0, 0.1) is 5.41 Å². The molecular weight excluding hydrogens is 542 g/mol. The molecule has 2 aromatic carbocycles. The number of likely N-dealkylation sites (tertiary alicyclic amines) is 1. The van der Waals surface area contributed by atoms with E-state index in [9.17, 15) is 14.4 Å². The van der Waals surface area contributed by atoms with Crippen LogP contribution in [0.2, 0.25) is 0 Å². The molecule has 1 fully saturated rings. The van der Waals surface area contributed by atoms with Crippen LogP contribution in [-0.4, -0.2) is 85.5 Å². The lowest BCUT2D eigenvalue weighted by molar-refractivity contribution is -0.140. The van der Waals surface area contributed by atoms with Crippen LogP contribution in [0.1, 0.15) is 58.1 Å². The lowest BCUT2D eigenvalue weighted by atomic mass is 9.85. The van der Waals surface area contributed by atoms with Crippen LogP contribution < -0.4 is 21.1 Å². The van der Waals surface area contributed by atoms with E-state index in [4.69, 9.17) is 10.5 Å². The highest BCUT2D eigenvalue weighted by atomic mass is 16.5. The van der Waals surface area contributed by atoms with Crippen LogP contribution >= 0.6 is 0 Å². The summed E-state index contributed by atoms with van der Waals surface area (Å²) in [6.45, 7) is 9.38. The van der Waals surface area contributed by atoms with Crippen molar-refractivity contribution in [2.45, 2.75) is 84.0 Å². The Labute approximate surface area is 257 Å². The minimum atomic E-state index is -0.680. The van der Waals surface area contributed by atoms with Crippen molar-refractivity contribution in [3.8, 4) is 5.75 Å². The number of hydrogen-bond acceptors (Lipinski definition) is 6. The summed E-state index contributed by atoms with van der Waals surface area (Å²) in [4.78, 5) is 44.1. The Morgan fingerprint density at radius 3 is 2.33 bits per heavy atom. The Morgan fingerprint density at radius 2 is 1.72 bits per heavy atom. The van der Waals surface area contributed by atoms with Crippen molar-refractivity contribution >= 4 is 17.7 Å². The third-order valence-corrected chi connectivity index (χ3v) is 8.38. The summed E-state index contributed by atoms with van der Waals surface area (Å²) in [5.74, 6) is 0.400. The Balaban J connectivity index is 1.72. The molecule has 0 bridgehead atoms. The molecule has 4 atom stereocenters. The normalized spacial score (nSPS) is 17.2. The fraction of sp³-hybridized carbons (Fsp3) is 0.559. The molecule has 1 heterocycles. The van der Waals surface area contributed by atoms with Gasteiger partial charge in [0.05, 0.1) is 19.2 Å². The Morgan fingerprint density at radius 1 is 1.05 bits per heavy atom. The summed E-state index contributed by atoms with van der Waals surface area (Å²) in [6, 6.07) is 16.0. The predicted molar refractivity (Wildman–Crippen MR) is 171 cm³/mol. The molecule has 0 radical (unpaired) electrons. The quantitative estimate of drug-likeness (QED) is 0.310. The number of nitrogens with one attached hydrogen (secondary N) is 2. The summed E-state index contributed by atoms with van der Waals surface area (Å²) in [5.41, 5.74) is 8.15. The van der Waals surface area contributed by atoms with E-state index < -0.39 is 23.5 Å². The Hall–Kier alpha value is -3.43. The van der Waals surface area contributed by atoms with Gasteiger partial charge in [-0.15, -0.1) is 0 Å². The molecule has 0 saturated carbocycles. The molecule has 43 heavy (non-hydrogen) atoms. The van der Waals surface area contributed by atoms with E-state index in [0.717, 1.165) is 36.1 Å². The third-order valence-electron chi connectivity index (χ3n) is 8.38. The molecule has 0 aromatic heterocycles. The van der Waals surface area contributed by atoms with Gasteiger partial charge in [-0.2, -0.15) is 0 Å². The molecule has 9 nitrogen and oxygen atoms in total. The molecule has 1 saturated heterocycles. The zero-order chi connectivity index (χ0) is 31.6. The van der Waals surface area contributed by atoms with Gasteiger partial charge in [-0.25, -0.2) is 0 Å². The first kappa shape index (κ1) is 34.1. The van der Waals surface area contributed by atoms with E-state index in [-0.39, 0.29) is 23.8 Å². The van der Waals surface area contributed by atoms with Crippen molar-refractivity contribution < 1.29 is 19.1 Å². The van der Waals surface area contributed by atoms with Gasteiger partial charge in [-0.1, -0.05) is 63.2 Å². The largest absolute Gasteiger partial charge is 0.497 e. The van der Waals surface area contributed by atoms with Crippen LogP contribution in [-0.2, 0) is 27.2 Å². The molecule has 2 aromatic rings. The third kappa shape index (κ3) is 9.79. The smallest absolute Gasteiger partial charge is 0.245 e. The minimum absolute atomic E-state index is 0.0131. The number of rotatable bonds is 14. The number of likely N-dealkylation sites (N-methyl/N-ethyl adjacent to an activating group) is 1. The molecule has 3 rings (SSSR count). The SMILES string of the molecule is CN[C@@H](C)C(=O)N[C@H](C(=O)N1CCC[C@H]1CCN(CCc1ccccc1)C(=O)[C@H](N)Cc1ccc(OC)cc1)C(C)(C)C. The number of nitrogens with two attached hydrogens (primary N) is 1. The molecule has 0 spiro atoms. The minimum Gasteiger partial charge on any atom is -0.497 e. The number of methoxy groups -OCH3 is 1. The zero-order valence-electron chi connectivity index (χ0n) is 26.8. The maximum Gasteiger partial charge on any atom is 0.245 e. The maximum atomic E-state index is 13.9. The van der Waals surface area contributed by atoms with E-state index in [1.54, 1.807) is 21.1 Å². The second-order valence-electron chi connectivity index (χ2n) is 12.7. The monoisotopic (exact) mass is 593 g/mol. The van der Waals surface area contributed by atoms with Gasteiger partial charge in [0.2, 0.25) is 17.7 Å². The van der Waals surface area contributed by atoms with Gasteiger partial charge in [0.15, 0.2) is 0 Å². The number of ether oxygens (including phenoxy) is 1. The van der Waals surface area contributed by atoms with E-state index in [1.165, 1.54) is 0 Å². The highest BCUT2D eigenvalue weighted by Gasteiger charge is 2.40. The van der Waals surface area contributed by atoms with Crippen LogP contribution in [0.25, 0.3) is 0 Å². The summed E-state index contributed by atoms with van der Waals surface area (Å²) in [6.07, 6.45) is 3.55. The van der Waals surface area contributed by atoms with Crippen molar-refractivity contribution in [3.63, 3.8) is 0 Å². The summed E-state index contributed by atoms with van der Waals surface area (Å²) in [5, 5.41) is 5.94. The molecule has 0 aliphatic carbocycles. The standard InChI is InChI=1S/C34H51N5O4/c1-24(36-5)31(40)37-30(34(2,3)4)33(42)39-20-10-13-27(39)19-22-38(21-18-25-11-8-7-9-12-25)32(41)29(35)23-26-14-16-28(43-6)17-15-26/h7-9,11-12,14-17,24,27,29-30,36H,10,13,18-23,35H2,1-6H3,(H,37,40)/t24-,27-,29+,30+/m0/s1. The number of carbonyl (C=O) groups excluding carboxylic acids is 3. The lowest BCUT2D eigenvalue weighted by Crippen LogP contribution is -2.58. The number of nitrogens with zero attached hydrogens (tertiary/aromatic N) is 2. The lowest BCUT2D eigenvalue weighted by Gasteiger charge is -2.37. The maximum absolute atomic E-state index is 13.9. The van der Waals surface area contributed by atoms with Crippen LogP contribution in [0.3, 0.4) is 0 Å². The van der Waals surface area contributed by atoms with Crippen molar-refractivity contribution in [1.82, 2.24) is 20.4 Å². The molecule has 4 N–H and O–H groups in total. The van der Waals surface area contributed by atoms with Crippen molar-refractivity contribution in [2.24, 2.45) is 11.1 Å². The second-order valence-corrected chi connectivity index (χ2v) is 12.7. The van der Waals surface area contributed by atoms with E-state index >= 15 is 0 Å². The Bertz CT molecular complexity index is 1180. The van der Waals surface area contributed by atoms with Crippen LogP contribution in [0.5, 0.6) is 5.75 Å². The van der Waals surface area contributed by atoms with Gasteiger partial charge < -0.3 is 30.9 Å². The first-order valence-electron chi connectivity index (χ1n) is 15.4. The Kier molecular flexibility index (Phi) is 12.6. The zero-order valence-corrected chi connectivity index (χ0v) is 26.8. The van der Waals surface area contributed by atoms with E-state index in [2.05, 4.69) is 22.8 Å². The van der Waals surface area contributed by atoms with Gasteiger partial charge in [0.25, 0.3) is 0 Å². The topological polar surface area (TPSA) is 117 Å². The molecule has 1 aliphatic rings. The summed E-state index contributed by atoms with van der Waals surface area (Å²) in [7, 11) is 3.35. The van der Waals surface area contributed by atoms with Gasteiger partial charge in [0.1, 0.15) is 11.8 Å². The molecule has 1 aliphatic heterocycles. The first-order chi connectivity index (χ1) is 20.4. The van der Waals surface area contributed by atoms with Gasteiger partial charge in [-0.05, 0) is 74.8 Å².